The third-order valence-corrected chi connectivity index (χ3v) is 2.48. The molecule has 1 aliphatic heterocycles. The molecule has 0 spiro atoms. The Kier molecular flexibility index (Phi) is 2.76. The van der Waals surface area contributed by atoms with Crippen molar-refractivity contribution >= 4 is 6.09 Å². The van der Waals surface area contributed by atoms with Crippen molar-refractivity contribution in [3.8, 4) is 5.75 Å². The number of ether oxygens (including phenoxy) is 1. The van der Waals surface area contributed by atoms with Crippen molar-refractivity contribution in [1.82, 2.24) is 5.32 Å². The summed E-state index contributed by atoms with van der Waals surface area (Å²) in [7, 11) is 0. The van der Waals surface area contributed by atoms with Crippen LogP contribution in [0.25, 0.3) is 0 Å². The molecule has 1 N–H and O–H groups in total. The number of para-hydroxylation sites is 1. The van der Waals surface area contributed by atoms with Gasteiger partial charge >= 0.3 is 6.09 Å². The van der Waals surface area contributed by atoms with Crippen molar-refractivity contribution in [3.63, 3.8) is 0 Å². The first-order valence-corrected chi connectivity index (χ1v) is 4.95. The minimum Gasteiger partial charge on any atom is -0.488 e. The third-order valence-electron chi connectivity index (χ3n) is 2.48. The van der Waals surface area contributed by atoms with Crippen molar-refractivity contribution in [2.45, 2.75) is 18.9 Å². The lowest BCUT2D eigenvalue weighted by atomic mass is 10.0. The molecule has 0 saturated carbocycles. The average molecular weight is 206 g/mol. The molecular weight excluding hydrogens is 194 g/mol. The molecule has 1 heterocycles. The molecule has 1 amide bonds. The van der Waals surface area contributed by atoms with Crippen LogP contribution < -0.4 is 10.1 Å². The topological polar surface area (TPSA) is 58.2 Å². The molecule has 4 heteroatoms. The van der Waals surface area contributed by atoms with E-state index in [0.29, 0.717) is 0 Å². The van der Waals surface area contributed by atoms with E-state index < -0.39 is 6.09 Å². The SMILES string of the molecule is [O]C(=O)NCC1CCc2ccccc2O1. The molecule has 1 aromatic rings. The summed E-state index contributed by atoms with van der Waals surface area (Å²) >= 11 is 0. The Balaban J connectivity index is 1.96. The Labute approximate surface area is 87.9 Å². The van der Waals surface area contributed by atoms with Crippen LogP contribution in [0.5, 0.6) is 5.75 Å². The molecule has 79 valence electrons. The van der Waals surface area contributed by atoms with E-state index in [1.54, 1.807) is 0 Å². The van der Waals surface area contributed by atoms with Crippen molar-refractivity contribution < 1.29 is 14.6 Å². The normalized spacial score (nSPS) is 18.8. The summed E-state index contributed by atoms with van der Waals surface area (Å²) in [5.74, 6) is 0.855. The Morgan fingerprint density at radius 2 is 2.27 bits per heavy atom. The van der Waals surface area contributed by atoms with Crippen LogP contribution in [0, 0.1) is 0 Å². The van der Waals surface area contributed by atoms with Gasteiger partial charge in [0.05, 0.1) is 6.54 Å². The van der Waals surface area contributed by atoms with Crippen LogP contribution in [0.1, 0.15) is 12.0 Å². The lowest BCUT2D eigenvalue weighted by molar-refractivity contribution is 0.145. The fourth-order valence-corrected chi connectivity index (χ4v) is 1.72. The predicted octanol–water partition coefficient (Wildman–Crippen LogP) is 1.52. The molecule has 15 heavy (non-hydrogen) atoms. The highest BCUT2D eigenvalue weighted by molar-refractivity contribution is 5.63. The minimum absolute atomic E-state index is 0.0854. The summed E-state index contributed by atoms with van der Waals surface area (Å²) < 4.78 is 5.63. The molecule has 4 nitrogen and oxygen atoms in total. The van der Waals surface area contributed by atoms with Gasteiger partial charge in [-0.3, -0.25) is 0 Å². The number of aryl methyl sites for hydroxylation is 1. The molecular formula is C11H12NO3. The molecule has 1 aromatic carbocycles. The first-order valence-electron chi connectivity index (χ1n) is 4.95. The highest BCUT2D eigenvalue weighted by Crippen LogP contribution is 2.26. The van der Waals surface area contributed by atoms with Crippen LogP contribution in [0.2, 0.25) is 0 Å². The van der Waals surface area contributed by atoms with Crippen LogP contribution in [0.15, 0.2) is 24.3 Å². The largest absolute Gasteiger partial charge is 0.488 e. The van der Waals surface area contributed by atoms with Gasteiger partial charge in [0.15, 0.2) is 0 Å². The summed E-state index contributed by atoms with van der Waals surface area (Å²) in [4.78, 5) is 10.2. The maximum Gasteiger partial charge on any atom is 0.450 e. The summed E-state index contributed by atoms with van der Waals surface area (Å²) in [6, 6.07) is 7.81. The fraction of sp³-hybridized carbons (Fsp3) is 0.364. The lowest BCUT2D eigenvalue weighted by Crippen LogP contribution is -2.36. The second kappa shape index (κ2) is 4.21. The smallest absolute Gasteiger partial charge is 0.450 e. The van der Waals surface area contributed by atoms with Gasteiger partial charge < -0.3 is 10.1 Å². The second-order valence-electron chi connectivity index (χ2n) is 3.55. The molecule has 0 saturated heterocycles. The molecule has 0 bridgehead atoms. The number of rotatable bonds is 2. The Bertz CT molecular complexity index is 365. The van der Waals surface area contributed by atoms with Crippen molar-refractivity contribution in [2.75, 3.05) is 6.54 Å². The molecule has 0 aliphatic carbocycles. The van der Waals surface area contributed by atoms with Gasteiger partial charge in [0.25, 0.3) is 0 Å². The van der Waals surface area contributed by atoms with E-state index in [-0.39, 0.29) is 12.6 Å². The molecule has 1 radical (unpaired) electrons. The number of fused-ring (bicyclic) bond motifs is 1. The van der Waals surface area contributed by atoms with Crippen LogP contribution >= 0.6 is 0 Å². The van der Waals surface area contributed by atoms with Gasteiger partial charge in [-0.05, 0) is 24.5 Å². The quantitative estimate of drug-likeness (QED) is 0.797. The van der Waals surface area contributed by atoms with E-state index in [4.69, 9.17) is 4.74 Å². The first-order chi connectivity index (χ1) is 7.25. The summed E-state index contributed by atoms with van der Waals surface area (Å²) in [6.45, 7) is 0.288. The summed E-state index contributed by atoms with van der Waals surface area (Å²) in [5, 5.41) is 12.4. The molecule has 1 aliphatic rings. The second-order valence-corrected chi connectivity index (χ2v) is 3.55. The zero-order valence-corrected chi connectivity index (χ0v) is 8.23. The molecule has 1 unspecified atom stereocenters. The number of hydrogen-bond donors (Lipinski definition) is 1. The van der Waals surface area contributed by atoms with Gasteiger partial charge in [-0.15, -0.1) is 0 Å². The van der Waals surface area contributed by atoms with Gasteiger partial charge in [0.2, 0.25) is 0 Å². The van der Waals surface area contributed by atoms with Crippen LogP contribution in [0.3, 0.4) is 0 Å². The molecule has 1 atom stereocenters. The molecule has 2 rings (SSSR count). The highest BCUT2D eigenvalue weighted by atomic mass is 16.5. The van der Waals surface area contributed by atoms with Gasteiger partial charge in [0.1, 0.15) is 11.9 Å². The van der Waals surface area contributed by atoms with E-state index in [1.807, 2.05) is 24.3 Å². The Hall–Kier alpha value is -1.71. The number of nitrogens with one attached hydrogen (secondary N) is 1. The van der Waals surface area contributed by atoms with Gasteiger partial charge in [-0.1, -0.05) is 18.2 Å². The maximum absolute atomic E-state index is 10.2. The predicted molar refractivity (Wildman–Crippen MR) is 53.3 cm³/mol. The average Bonchev–Trinajstić information content (AvgIpc) is 2.26. The van der Waals surface area contributed by atoms with E-state index in [1.165, 1.54) is 5.56 Å². The van der Waals surface area contributed by atoms with Crippen LogP contribution in [-0.4, -0.2) is 18.7 Å². The maximum atomic E-state index is 10.2. The van der Waals surface area contributed by atoms with Crippen LogP contribution in [0.4, 0.5) is 4.79 Å². The lowest BCUT2D eigenvalue weighted by Gasteiger charge is -2.25. The number of hydrogen-bond acceptors (Lipinski definition) is 2. The van der Waals surface area contributed by atoms with Gasteiger partial charge in [0, 0.05) is 0 Å². The van der Waals surface area contributed by atoms with Gasteiger partial charge in [-0.2, -0.15) is 0 Å². The Morgan fingerprint density at radius 3 is 3.07 bits per heavy atom. The van der Waals surface area contributed by atoms with E-state index in [0.717, 1.165) is 18.6 Å². The number of carbonyl (C=O) groups is 1. The first kappa shape index (κ1) is 9.83. The van der Waals surface area contributed by atoms with Crippen molar-refractivity contribution in [1.29, 1.82) is 0 Å². The summed E-state index contributed by atoms with van der Waals surface area (Å²) in [5.41, 5.74) is 1.18. The monoisotopic (exact) mass is 206 g/mol. The van der Waals surface area contributed by atoms with Crippen LogP contribution in [-0.2, 0) is 11.5 Å². The van der Waals surface area contributed by atoms with Crippen molar-refractivity contribution in [3.05, 3.63) is 29.8 Å². The van der Waals surface area contributed by atoms with Crippen molar-refractivity contribution in [2.24, 2.45) is 0 Å². The highest BCUT2D eigenvalue weighted by Gasteiger charge is 2.19. The number of amides is 1. The van der Waals surface area contributed by atoms with Gasteiger partial charge in [-0.25, -0.2) is 9.90 Å². The number of carbonyl (C=O) groups excluding carboxylic acids is 1. The zero-order valence-electron chi connectivity index (χ0n) is 8.23. The standard InChI is InChI=1S/C11H12NO3/c13-11(14)12-7-9-6-5-8-3-1-2-4-10(8)15-9/h1-4,9,12H,5-7H2. The fourth-order valence-electron chi connectivity index (χ4n) is 1.72. The molecule has 0 fully saturated rings. The third kappa shape index (κ3) is 2.40. The minimum atomic E-state index is -1.25. The Morgan fingerprint density at radius 1 is 1.47 bits per heavy atom. The number of benzene rings is 1. The van der Waals surface area contributed by atoms with E-state index in [2.05, 4.69) is 5.32 Å². The zero-order chi connectivity index (χ0) is 10.7. The van der Waals surface area contributed by atoms with E-state index >= 15 is 0 Å². The molecule has 0 aromatic heterocycles. The van der Waals surface area contributed by atoms with E-state index in [9.17, 15) is 9.90 Å². The summed E-state index contributed by atoms with van der Waals surface area (Å²) in [6.07, 6.45) is 0.419.